The van der Waals surface area contributed by atoms with E-state index in [9.17, 15) is 27.2 Å². The van der Waals surface area contributed by atoms with Crippen molar-refractivity contribution in [2.75, 3.05) is 19.6 Å². The number of alkyl halides is 4. The molecule has 1 saturated heterocycles. The molecule has 0 aliphatic carbocycles. The van der Waals surface area contributed by atoms with Gasteiger partial charge in [-0.25, -0.2) is 9.18 Å². The zero-order valence-corrected chi connectivity index (χ0v) is 20.0. The van der Waals surface area contributed by atoms with Gasteiger partial charge in [-0.15, -0.1) is 0 Å². The molecule has 1 aliphatic rings. The number of carbonyl (C=O) groups is 1. The van der Waals surface area contributed by atoms with Crippen molar-refractivity contribution in [1.29, 1.82) is 0 Å². The van der Waals surface area contributed by atoms with Crippen LogP contribution in [-0.2, 0) is 22.1 Å². The first-order valence-corrected chi connectivity index (χ1v) is 11.2. The maximum atomic E-state index is 13.7. The highest BCUT2D eigenvalue weighted by molar-refractivity contribution is 9.10. The van der Waals surface area contributed by atoms with Crippen molar-refractivity contribution in [3.8, 4) is 0 Å². The molecule has 1 unspecified atom stereocenters. The van der Waals surface area contributed by atoms with Crippen LogP contribution < -0.4 is 5.56 Å². The van der Waals surface area contributed by atoms with Crippen molar-refractivity contribution in [2.45, 2.75) is 51.2 Å². The summed E-state index contributed by atoms with van der Waals surface area (Å²) in [5.74, 6) is -0.767. The SMILES string of the molecule is CC(C)(C)OC(=O)C(c1cccc(Br)c1)n1cc(CCN2CC(F)C2)c(C(F)(F)F)cc1=O. The Kier molecular flexibility index (Phi) is 7.38. The Balaban J connectivity index is 2.09. The molecule has 2 aromatic rings. The highest BCUT2D eigenvalue weighted by Gasteiger charge is 2.37. The van der Waals surface area contributed by atoms with E-state index in [1.54, 1.807) is 49.9 Å². The topological polar surface area (TPSA) is 51.5 Å². The molecular formula is C23H25BrF4N2O3. The molecular weight excluding hydrogens is 508 g/mol. The van der Waals surface area contributed by atoms with Crippen LogP contribution in [0, 0.1) is 0 Å². The van der Waals surface area contributed by atoms with Gasteiger partial charge in [0.25, 0.3) is 5.56 Å². The van der Waals surface area contributed by atoms with Gasteiger partial charge in [0.1, 0.15) is 11.8 Å². The van der Waals surface area contributed by atoms with Gasteiger partial charge in [-0.05, 0) is 50.5 Å². The lowest BCUT2D eigenvalue weighted by molar-refractivity contribution is -0.157. The molecule has 0 bridgehead atoms. The van der Waals surface area contributed by atoms with Crippen LogP contribution in [0.1, 0.15) is 43.5 Å². The van der Waals surface area contributed by atoms with E-state index in [1.165, 1.54) is 0 Å². The number of aromatic nitrogens is 1. The van der Waals surface area contributed by atoms with Crippen molar-refractivity contribution < 1.29 is 27.1 Å². The summed E-state index contributed by atoms with van der Waals surface area (Å²) >= 11 is 3.32. The van der Waals surface area contributed by atoms with Crippen molar-refractivity contribution in [1.82, 2.24) is 9.47 Å². The number of halogens is 5. The normalized spacial score (nSPS) is 16.4. The summed E-state index contributed by atoms with van der Waals surface area (Å²) in [6.07, 6.45) is -4.70. The monoisotopic (exact) mass is 532 g/mol. The maximum absolute atomic E-state index is 13.7. The lowest BCUT2D eigenvalue weighted by Crippen LogP contribution is -2.49. The number of rotatable bonds is 6. The Hall–Kier alpha value is -2.20. The molecule has 5 nitrogen and oxygen atoms in total. The summed E-state index contributed by atoms with van der Waals surface area (Å²) in [7, 11) is 0. The summed E-state index contributed by atoms with van der Waals surface area (Å²) in [6.45, 7) is 5.52. The summed E-state index contributed by atoms with van der Waals surface area (Å²) in [6, 6.07) is 5.82. The van der Waals surface area contributed by atoms with Crippen molar-refractivity contribution in [3.05, 3.63) is 68.0 Å². The minimum atomic E-state index is -4.75. The van der Waals surface area contributed by atoms with Gasteiger partial charge in [-0.2, -0.15) is 13.2 Å². The van der Waals surface area contributed by atoms with Crippen LogP contribution in [0.2, 0.25) is 0 Å². The number of carbonyl (C=O) groups excluding carboxylic acids is 1. The van der Waals surface area contributed by atoms with Crippen LogP contribution in [0.25, 0.3) is 0 Å². The summed E-state index contributed by atoms with van der Waals surface area (Å²) in [5, 5.41) is 0. The van der Waals surface area contributed by atoms with Crippen molar-refractivity contribution in [2.24, 2.45) is 0 Å². The Morgan fingerprint density at radius 2 is 1.88 bits per heavy atom. The molecule has 1 aromatic heterocycles. The van der Waals surface area contributed by atoms with Crippen molar-refractivity contribution >= 4 is 21.9 Å². The van der Waals surface area contributed by atoms with Crippen LogP contribution in [0.3, 0.4) is 0 Å². The summed E-state index contributed by atoms with van der Waals surface area (Å²) < 4.78 is 61.3. The van der Waals surface area contributed by atoms with E-state index in [2.05, 4.69) is 15.9 Å². The predicted molar refractivity (Wildman–Crippen MR) is 119 cm³/mol. The molecule has 2 heterocycles. The number of nitrogens with zero attached hydrogens (tertiary/aromatic N) is 2. The van der Waals surface area contributed by atoms with Crippen LogP contribution in [0.5, 0.6) is 0 Å². The molecule has 180 valence electrons. The lowest BCUT2D eigenvalue weighted by atomic mass is 10.0. The number of benzene rings is 1. The molecule has 0 N–H and O–H groups in total. The second-order valence-electron chi connectivity index (χ2n) is 9.05. The smallest absolute Gasteiger partial charge is 0.416 e. The van der Waals surface area contributed by atoms with Gasteiger partial charge in [-0.1, -0.05) is 28.1 Å². The molecule has 0 spiro atoms. The quantitative estimate of drug-likeness (QED) is 0.397. The maximum Gasteiger partial charge on any atom is 0.416 e. The van der Waals surface area contributed by atoms with Crippen LogP contribution >= 0.6 is 15.9 Å². The number of ether oxygens (including phenoxy) is 1. The van der Waals surface area contributed by atoms with Gasteiger partial charge in [0.15, 0.2) is 6.04 Å². The van der Waals surface area contributed by atoms with E-state index in [0.717, 1.165) is 10.8 Å². The Morgan fingerprint density at radius 1 is 1.21 bits per heavy atom. The molecule has 0 amide bonds. The molecule has 1 atom stereocenters. The van der Waals surface area contributed by atoms with Gasteiger partial charge < -0.3 is 4.74 Å². The molecule has 0 saturated carbocycles. The standard InChI is InChI=1S/C23H25BrF4N2O3/c1-22(2,3)33-21(32)20(14-5-4-6-16(24)9-14)30-11-15(7-8-29-12-17(25)13-29)18(10-19(30)31)23(26,27)28/h4-6,9-11,17,20H,7-8,12-13H2,1-3H3. The van der Waals surface area contributed by atoms with Crippen LogP contribution in [0.15, 0.2) is 45.8 Å². The summed E-state index contributed by atoms with van der Waals surface area (Å²) in [4.78, 5) is 27.6. The third-order valence-corrected chi connectivity index (χ3v) is 5.64. The van der Waals surface area contributed by atoms with Gasteiger partial charge in [-0.3, -0.25) is 14.3 Å². The summed E-state index contributed by atoms with van der Waals surface area (Å²) in [5.41, 5.74) is -2.67. The Labute approximate surface area is 197 Å². The number of likely N-dealkylation sites (tertiary alicyclic amines) is 1. The Morgan fingerprint density at radius 3 is 2.42 bits per heavy atom. The zero-order chi connectivity index (χ0) is 24.6. The third-order valence-electron chi connectivity index (χ3n) is 5.15. The van der Waals surface area contributed by atoms with Gasteiger partial charge in [0.05, 0.1) is 5.56 Å². The van der Waals surface area contributed by atoms with E-state index in [4.69, 9.17) is 4.74 Å². The first-order chi connectivity index (χ1) is 15.2. The Bertz CT molecular complexity index is 1070. The third kappa shape index (κ3) is 6.44. The lowest BCUT2D eigenvalue weighted by Gasteiger charge is -2.34. The second kappa shape index (κ2) is 9.58. The van der Waals surface area contributed by atoms with Gasteiger partial charge in [0, 0.05) is 36.4 Å². The molecule has 1 fully saturated rings. The fourth-order valence-electron chi connectivity index (χ4n) is 3.67. The largest absolute Gasteiger partial charge is 0.458 e. The van der Waals surface area contributed by atoms with E-state index >= 15 is 0 Å². The fraction of sp³-hybridized carbons (Fsp3) is 0.478. The molecule has 3 rings (SSSR count). The molecule has 10 heteroatoms. The predicted octanol–water partition coefficient (Wildman–Crippen LogP) is 4.76. The molecule has 1 aliphatic heterocycles. The van der Waals surface area contributed by atoms with Crippen LogP contribution in [-0.4, -0.2) is 46.8 Å². The van der Waals surface area contributed by atoms with Gasteiger partial charge in [0.2, 0.25) is 0 Å². The number of hydrogen-bond acceptors (Lipinski definition) is 4. The van der Waals surface area contributed by atoms with E-state index < -0.39 is 41.1 Å². The molecule has 1 aromatic carbocycles. The van der Waals surface area contributed by atoms with E-state index in [-0.39, 0.29) is 31.6 Å². The second-order valence-corrected chi connectivity index (χ2v) is 9.97. The fourth-order valence-corrected chi connectivity index (χ4v) is 4.09. The zero-order valence-electron chi connectivity index (χ0n) is 18.5. The highest BCUT2D eigenvalue weighted by atomic mass is 79.9. The first-order valence-electron chi connectivity index (χ1n) is 10.4. The van der Waals surface area contributed by atoms with Crippen molar-refractivity contribution in [3.63, 3.8) is 0 Å². The average molecular weight is 533 g/mol. The highest BCUT2D eigenvalue weighted by Crippen LogP contribution is 2.33. The number of esters is 1. The van der Waals surface area contributed by atoms with E-state index in [1.807, 2.05) is 0 Å². The number of hydrogen-bond donors (Lipinski definition) is 0. The minimum absolute atomic E-state index is 0.0542. The minimum Gasteiger partial charge on any atom is -0.458 e. The molecule has 0 radical (unpaired) electrons. The first kappa shape index (κ1) is 25.4. The average Bonchev–Trinajstić information content (AvgIpc) is 2.64. The van der Waals surface area contributed by atoms with Gasteiger partial charge >= 0.3 is 12.1 Å². The molecule has 33 heavy (non-hydrogen) atoms. The number of pyridine rings is 1. The van der Waals surface area contributed by atoms with E-state index in [0.29, 0.717) is 16.1 Å². The van der Waals surface area contributed by atoms with Crippen LogP contribution in [0.4, 0.5) is 17.6 Å².